The predicted molar refractivity (Wildman–Crippen MR) is 298 cm³/mol. The van der Waals surface area contributed by atoms with Crippen molar-refractivity contribution in [2.24, 2.45) is 0 Å². The van der Waals surface area contributed by atoms with Crippen molar-refractivity contribution in [3.63, 3.8) is 0 Å². The molecule has 6 aromatic rings. The number of methoxy groups -OCH3 is 2. The van der Waals surface area contributed by atoms with E-state index in [1.54, 1.807) is 61.4 Å². The van der Waals surface area contributed by atoms with Crippen LogP contribution in [0.25, 0.3) is 34.7 Å². The number of ketones is 2. The minimum absolute atomic E-state index is 0. The number of halogens is 6. The zero-order valence-corrected chi connectivity index (χ0v) is 53.6. The normalized spacial score (nSPS) is 12.2. The molecule has 0 fully saturated rings. The number of carboxylic acid groups (broad SMARTS) is 2. The molecule has 78 heavy (non-hydrogen) atoms. The third kappa shape index (κ3) is 19.0. The molecular weight excluding hydrogens is 1140 g/mol. The van der Waals surface area contributed by atoms with Gasteiger partial charge >= 0.3 is 59.1 Å². The quantitative estimate of drug-likeness (QED) is 0.0222. The van der Waals surface area contributed by atoms with Gasteiger partial charge in [-0.05, 0) is 86.4 Å². The minimum Gasteiger partial charge on any atom is -0.545 e. The molecule has 0 saturated heterocycles. The molecule has 4 aromatic carbocycles. The Balaban J connectivity index is 0.000000400. The Morgan fingerprint density at radius 2 is 0.910 bits per heavy atom. The van der Waals surface area contributed by atoms with Crippen LogP contribution >= 0.6 is 69.1 Å². The summed E-state index contributed by atoms with van der Waals surface area (Å²) in [5.74, 6) is -4.41. The van der Waals surface area contributed by atoms with Crippen molar-refractivity contribution in [1.29, 1.82) is 0 Å². The summed E-state index contributed by atoms with van der Waals surface area (Å²) in [6, 6.07) is 15.8. The number of rotatable bonds is 26. The second-order valence-corrected chi connectivity index (χ2v) is 21.3. The summed E-state index contributed by atoms with van der Waals surface area (Å²) >= 11 is 27.3. The number of nitrogens with zero attached hydrogens (tertiary/aromatic N) is 2. The number of unbranched alkanes of at least 4 members (excludes halogenated alkanes) is 8. The van der Waals surface area contributed by atoms with Gasteiger partial charge in [0.1, 0.15) is 11.6 Å². The van der Waals surface area contributed by atoms with Gasteiger partial charge in [0, 0.05) is 69.5 Å². The first-order valence-electron chi connectivity index (χ1n) is 24.8. The van der Waals surface area contributed by atoms with Crippen LogP contribution in [-0.2, 0) is 19.1 Å². The molecule has 2 heterocycles. The first kappa shape index (κ1) is 69.1. The van der Waals surface area contributed by atoms with Gasteiger partial charge in [0.25, 0.3) is 0 Å². The second-order valence-electron chi connectivity index (χ2n) is 17.9. The molecule has 0 aliphatic heterocycles. The monoisotopic (exact) mass is 1200 g/mol. The van der Waals surface area contributed by atoms with E-state index in [0.717, 1.165) is 86.9 Å². The fraction of sp³-hybridized carbons (Fsp3) is 0.345. The molecule has 2 unspecified atom stereocenters. The number of benzene rings is 4. The fourth-order valence-corrected chi connectivity index (χ4v) is 10.9. The van der Waals surface area contributed by atoms with Crippen molar-refractivity contribution in [3.8, 4) is 22.5 Å². The SMILES string of the molecule is CCCCCCCC(OC)c1cccc(-c2csc(C(=O)c3cc(Cl)c(C=C(C)C(=O)[O-])c(Cl)c3)n2)c1F.CCCCCCCC(OC)c1cccc(-c2csc(C(=O)c3cc(Cl)c(C=C(C)C(=O)[O-])c(Cl)c3)n2)c1F.[Na+].[Na+]. The standard InChI is InChI=1S/2C29H30Cl2FNO4S.2Na/c2*1-4-5-6-7-8-12-25(37-3)20-11-9-10-19(26(20)32)24-16-38-28(33-24)27(34)18-14-22(30)21(23(31)15-18)13-17(2)29(35)36;;/h2*9-11,13-16,25H,4-8,12H2,1-3H3,(H,35,36);;/q;;2*+1/p-2. The number of ether oxygens (including phenoxy) is 2. The molecule has 0 saturated carbocycles. The average molecular weight is 1200 g/mol. The van der Waals surface area contributed by atoms with Gasteiger partial charge in [-0.3, -0.25) is 9.59 Å². The first-order valence-corrected chi connectivity index (χ1v) is 28.0. The second kappa shape index (κ2) is 34.3. The summed E-state index contributed by atoms with van der Waals surface area (Å²) in [5.41, 5.74) is 2.98. The topological polar surface area (TPSA) is 159 Å². The average Bonchev–Trinajstić information content (AvgIpc) is 4.12. The van der Waals surface area contributed by atoms with E-state index in [1.165, 1.54) is 63.1 Å². The molecule has 0 bridgehead atoms. The molecule has 0 spiro atoms. The Bertz CT molecular complexity index is 2850. The number of aliphatic carboxylic acids is 2. The Hall–Kier alpha value is -3.16. The number of carbonyl (C=O) groups is 4. The molecule has 0 amide bonds. The van der Waals surface area contributed by atoms with Crippen molar-refractivity contribution in [2.45, 2.75) is 117 Å². The third-order valence-electron chi connectivity index (χ3n) is 12.5. The van der Waals surface area contributed by atoms with Crippen molar-refractivity contribution in [2.75, 3.05) is 14.2 Å². The van der Waals surface area contributed by atoms with E-state index in [2.05, 4.69) is 23.8 Å². The molecule has 6 rings (SSSR count). The third-order valence-corrected chi connectivity index (χ3v) is 15.4. The van der Waals surface area contributed by atoms with Crippen molar-refractivity contribution >= 4 is 105 Å². The Labute approximate surface area is 527 Å². The van der Waals surface area contributed by atoms with Crippen LogP contribution in [0.2, 0.25) is 20.1 Å². The zero-order valence-electron chi connectivity index (χ0n) is 45.0. The summed E-state index contributed by atoms with van der Waals surface area (Å²) < 4.78 is 42.4. The van der Waals surface area contributed by atoms with E-state index in [4.69, 9.17) is 55.9 Å². The van der Waals surface area contributed by atoms with Gasteiger partial charge in [0.2, 0.25) is 11.6 Å². The molecule has 20 heteroatoms. The summed E-state index contributed by atoms with van der Waals surface area (Å²) in [4.78, 5) is 57.1. The van der Waals surface area contributed by atoms with Crippen LogP contribution in [0.3, 0.4) is 0 Å². The molecule has 404 valence electrons. The van der Waals surface area contributed by atoms with Crippen LogP contribution in [0, 0.1) is 11.6 Å². The molecule has 0 N–H and O–H groups in total. The van der Waals surface area contributed by atoms with Crippen LogP contribution in [0.5, 0.6) is 0 Å². The molecule has 0 aliphatic rings. The van der Waals surface area contributed by atoms with E-state index in [9.17, 15) is 29.4 Å². The summed E-state index contributed by atoms with van der Waals surface area (Å²) in [6.45, 7) is 7.04. The maximum atomic E-state index is 15.6. The van der Waals surface area contributed by atoms with E-state index in [-0.39, 0.29) is 135 Å². The summed E-state index contributed by atoms with van der Waals surface area (Å²) in [7, 11) is 3.17. The largest absolute Gasteiger partial charge is 1.00 e. The van der Waals surface area contributed by atoms with Gasteiger partial charge in [-0.15, -0.1) is 22.7 Å². The van der Waals surface area contributed by atoms with Crippen LogP contribution in [0.15, 0.2) is 82.6 Å². The fourth-order valence-electron chi connectivity index (χ4n) is 8.17. The number of hydrogen-bond acceptors (Lipinski definition) is 12. The van der Waals surface area contributed by atoms with Gasteiger partial charge in [-0.25, -0.2) is 18.7 Å². The van der Waals surface area contributed by atoms with E-state index in [0.29, 0.717) is 33.6 Å². The van der Waals surface area contributed by atoms with Crippen molar-refractivity contribution < 1.29 is 107 Å². The maximum absolute atomic E-state index is 15.6. The van der Waals surface area contributed by atoms with Gasteiger partial charge in [0.15, 0.2) is 10.0 Å². The molecule has 0 aliphatic carbocycles. The molecule has 2 atom stereocenters. The van der Waals surface area contributed by atoms with Gasteiger partial charge in [-0.1, -0.05) is 149 Å². The molecule has 10 nitrogen and oxygen atoms in total. The zero-order chi connectivity index (χ0) is 55.6. The Morgan fingerprint density at radius 3 is 1.22 bits per heavy atom. The number of aromatic nitrogens is 2. The van der Waals surface area contributed by atoms with Crippen LogP contribution < -0.4 is 69.3 Å². The molecular formula is C58H58Cl4F2N2Na2O8S2. The van der Waals surface area contributed by atoms with Crippen LogP contribution in [0.4, 0.5) is 8.78 Å². The Kier molecular flexibility index (Phi) is 30.4. The van der Waals surface area contributed by atoms with Crippen molar-refractivity contribution in [3.05, 3.63) is 158 Å². The van der Waals surface area contributed by atoms with Gasteiger partial charge in [0.05, 0.1) is 55.6 Å². The van der Waals surface area contributed by atoms with Crippen LogP contribution in [0.1, 0.15) is 170 Å². The van der Waals surface area contributed by atoms with Crippen molar-refractivity contribution in [1.82, 2.24) is 9.97 Å². The van der Waals surface area contributed by atoms with Crippen LogP contribution in [-0.4, -0.2) is 47.7 Å². The number of hydrogen-bond donors (Lipinski definition) is 0. The van der Waals surface area contributed by atoms with E-state index < -0.39 is 35.1 Å². The first-order chi connectivity index (χ1) is 36.3. The number of carbonyl (C=O) groups excluding carboxylic acids is 4. The Morgan fingerprint density at radius 1 is 0.577 bits per heavy atom. The number of thiazole rings is 2. The van der Waals surface area contributed by atoms with E-state index in [1.807, 2.05) is 0 Å². The maximum Gasteiger partial charge on any atom is 1.00 e. The predicted octanol–water partition coefficient (Wildman–Crippen LogP) is 9.38. The minimum atomic E-state index is -1.35. The van der Waals surface area contributed by atoms with E-state index >= 15 is 8.78 Å². The van der Waals surface area contributed by atoms with Gasteiger partial charge < -0.3 is 29.3 Å². The summed E-state index contributed by atoms with van der Waals surface area (Å²) in [6.07, 6.45) is 14.3. The molecule has 2 aromatic heterocycles. The molecule has 0 radical (unpaired) electrons. The smallest absolute Gasteiger partial charge is 0.545 e. The summed E-state index contributed by atoms with van der Waals surface area (Å²) in [5, 5.41) is 26.0. The number of carboxylic acids is 2. The van der Waals surface area contributed by atoms with Gasteiger partial charge in [-0.2, -0.15) is 0 Å².